The van der Waals surface area contributed by atoms with E-state index in [0.29, 0.717) is 29.0 Å². The molecule has 1 aliphatic rings. The Labute approximate surface area is 137 Å². The number of halogens is 2. The van der Waals surface area contributed by atoms with Crippen molar-refractivity contribution >= 4 is 29.3 Å². The van der Waals surface area contributed by atoms with Gasteiger partial charge in [-0.2, -0.15) is 8.78 Å². The van der Waals surface area contributed by atoms with Crippen LogP contribution in [0.15, 0.2) is 29.2 Å². The van der Waals surface area contributed by atoms with Gasteiger partial charge in [0.15, 0.2) is 0 Å². The Kier molecular flexibility index (Phi) is 6.35. The van der Waals surface area contributed by atoms with Crippen LogP contribution in [0.1, 0.15) is 19.8 Å². The maximum absolute atomic E-state index is 12.3. The highest BCUT2D eigenvalue weighted by Gasteiger charge is 2.25. The number of thioether (sulfide) groups is 1. The van der Waals surface area contributed by atoms with Gasteiger partial charge in [-0.05, 0) is 38.0 Å². The molecule has 23 heavy (non-hydrogen) atoms. The summed E-state index contributed by atoms with van der Waals surface area (Å²) in [5.74, 6) is -4.16. The number of nitrogens with one attached hydrogen (secondary N) is 2. The Bertz CT molecular complexity index is 565. The zero-order valence-corrected chi connectivity index (χ0v) is 13.4. The van der Waals surface area contributed by atoms with E-state index in [2.05, 4.69) is 10.6 Å². The molecule has 0 aliphatic carbocycles. The van der Waals surface area contributed by atoms with E-state index in [-0.39, 0.29) is 12.1 Å². The van der Waals surface area contributed by atoms with Gasteiger partial charge in [0.05, 0.1) is 12.1 Å². The third kappa shape index (κ3) is 5.47. The first-order valence-electron chi connectivity index (χ1n) is 7.24. The SMILES string of the molecule is C[C@H](NC(=O)C(=O)Nc1cccc(SC(F)F)c1)[C@@H]1CCCO1. The average molecular weight is 344 g/mol. The van der Waals surface area contributed by atoms with E-state index in [9.17, 15) is 18.4 Å². The van der Waals surface area contributed by atoms with E-state index in [4.69, 9.17) is 4.74 Å². The summed E-state index contributed by atoms with van der Waals surface area (Å²) < 4.78 is 30.1. The van der Waals surface area contributed by atoms with Crippen LogP contribution in [0.2, 0.25) is 0 Å². The zero-order chi connectivity index (χ0) is 16.8. The Morgan fingerprint density at radius 1 is 1.35 bits per heavy atom. The molecule has 2 N–H and O–H groups in total. The lowest BCUT2D eigenvalue weighted by molar-refractivity contribution is -0.137. The molecule has 2 amide bonds. The molecule has 1 fully saturated rings. The third-order valence-electron chi connectivity index (χ3n) is 3.40. The van der Waals surface area contributed by atoms with Crippen molar-refractivity contribution in [1.29, 1.82) is 0 Å². The minimum absolute atomic E-state index is 0.0856. The van der Waals surface area contributed by atoms with E-state index in [1.165, 1.54) is 24.3 Å². The minimum Gasteiger partial charge on any atom is -0.376 e. The van der Waals surface area contributed by atoms with Crippen LogP contribution in [0.5, 0.6) is 0 Å². The summed E-state index contributed by atoms with van der Waals surface area (Å²) in [6, 6.07) is 5.70. The molecule has 0 spiro atoms. The smallest absolute Gasteiger partial charge is 0.313 e. The van der Waals surface area contributed by atoms with Crippen LogP contribution >= 0.6 is 11.8 Å². The van der Waals surface area contributed by atoms with Gasteiger partial charge in [0.1, 0.15) is 0 Å². The summed E-state index contributed by atoms with van der Waals surface area (Å²) in [5, 5.41) is 4.99. The zero-order valence-electron chi connectivity index (χ0n) is 12.6. The molecule has 0 saturated carbocycles. The monoisotopic (exact) mass is 344 g/mol. The normalized spacial score (nSPS) is 18.7. The van der Waals surface area contributed by atoms with Gasteiger partial charge in [-0.25, -0.2) is 0 Å². The number of amides is 2. The molecule has 0 radical (unpaired) electrons. The van der Waals surface area contributed by atoms with Gasteiger partial charge in [0, 0.05) is 17.2 Å². The number of carbonyl (C=O) groups excluding carboxylic acids is 2. The van der Waals surface area contributed by atoms with Crippen LogP contribution in [0.3, 0.4) is 0 Å². The minimum atomic E-state index is -2.54. The van der Waals surface area contributed by atoms with Crippen molar-refractivity contribution in [2.75, 3.05) is 11.9 Å². The molecule has 2 atom stereocenters. The highest BCUT2D eigenvalue weighted by molar-refractivity contribution is 7.99. The standard InChI is InChI=1S/C15H18F2N2O3S/c1-9(12-6-3-7-22-12)18-13(20)14(21)19-10-4-2-5-11(8-10)23-15(16)17/h2,4-5,8-9,12,15H,3,6-7H2,1H3,(H,18,20)(H,19,21)/t9-,12-/m0/s1. The molecular weight excluding hydrogens is 326 g/mol. The quantitative estimate of drug-likeness (QED) is 0.636. The van der Waals surface area contributed by atoms with Gasteiger partial charge in [0.2, 0.25) is 0 Å². The lowest BCUT2D eigenvalue weighted by Crippen LogP contribution is -2.45. The Morgan fingerprint density at radius 3 is 2.78 bits per heavy atom. The number of ether oxygens (including phenoxy) is 1. The van der Waals surface area contributed by atoms with E-state index in [0.717, 1.165) is 12.8 Å². The summed E-state index contributed by atoms with van der Waals surface area (Å²) >= 11 is 0.374. The fourth-order valence-corrected chi connectivity index (χ4v) is 2.86. The predicted molar refractivity (Wildman–Crippen MR) is 83.5 cm³/mol. The number of alkyl halides is 2. The van der Waals surface area contributed by atoms with Crippen molar-refractivity contribution in [1.82, 2.24) is 5.32 Å². The predicted octanol–water partition coefficient (Wildman–Crippen LogP) is 2.62. The number of hydrogen-bond donors (Lipinski definition) is 2. The molecule has 5 nitrogen and oxygen atoms in total. The second kappa shape index (κ2) is 8.26. The molecule has 126 valence electrons. The molecule has 2 rings (SSSR count). The first-order valence-corrected chi connectivity index (χ1v) is 8.12. The molecule has 0 aromatic heterocycles. The molecule has 1 aromatic rings. The van der Waals surface area contributed by atoms with E-state index in [1.807, 2.05) is 0 Å². The summed E-state index contributed by atoms with van der Waals surface area (Å²) in [6.45, 7) is 2.44. The first kappa shape index (κ1) is 17.7. The molecule has 1 aromatic carbocycles. The van der Waals surface area contributed by atoms with Crippen molar-refractivity contribution in [3.05, 3.63) is 24.3 Å². The fourth-order valence-electron chi connectivity index (χ4n) is 2.30. The molecular formula is C15H18F2N2O3S. The molecule has 8 heteroatoms. The van der Waals surface area contributed by atoms with Gasteiger partial charge in [-0.3, -0.25) is 9.59 Å². The summed E-state index contributed by atoms with van der Waals surface area (Å²) in [6.07, 6.45) is 1.69. The number of carbonyl (C=O) groups is 2. The van der Waals surface area contributed by atoms with Gasteiger partial charge >= 0.3 is 11.8 Å². The Hall–Kier alpha value is -1.67. The van der Waals surface area contributed by atoms with Gasteiger partial charge < -0.3 is 15.4 Å². The number of anilines is 1. The Morgan fingerprint density at radius 2 is 2.13 bits per heavy atom. The van der Waals surface area contributed by atoms with Crippen LogP contribution in [0, 0.1) is 0 Å². The second-order valence-corrected chi connectivity index (χ2v) is 6.24. The summed E-state index contributed by atoms with van der Waals surface area (Å²) in [4.78, 5) is 24.1. The first-order chi connectivity index (χ1) is 11.0. The van der Waals surface area contributed by atoms with Gasteiger partial charge in [0.25, 0.3) is 5.76 Å². The maximum atomic E-state index is 12.3. The van der Waals surface area contributed by atoms with Crippen LogP contribution in [0.4, 0.5) is 14.5 Å². The van der Waals surface area contributed by atoms with E-state index < -0.39 is 17.6 Å². The summed E-state index contributed by atoms with van der Waals surface area (Å²) in [5.41, 5.74) is 0.292. The van der Waals surface area contributed by atoms with Crippen molar-refractivity contribution in [2.45, 2.75) is 42.6 Å². The van der Waals surface area contributed by atoms with Crippen LogP contribution in [0.25, 0.3) is 0 Å². The van der Waals surface area contributed by atoms with Crippen LogP contribution in [-0.2, 0) is 14.3 Å². The summed E-state index contributed by atoms with van der Waals surface area (Å²) in [7, 11) is 0. The molecule has 0 bridgehead atoms. The van der Waals surface area contributed by atoms with Crippen molar-refractivity contribution in [3.8, 4) is 0 Å². The van der Waals surface area contributed by atoms with Crippen molar-refractivity contribution in [2.24, 2.45) is 0 Å². The maximum Gasteiger partial charge on any atom is 0.313 e. The third-order valence-corrected chi connectivity index (χ3v) is 4.11. The molecule has 1 aliphatic heterocycles. The van der Waals surface area contributed by atoms with Crippen molar-refractivity contribution in [3.63, 3.8) is 0 Å². The molecule has 1 saturated heterocycles. The number of rotatable bonds is 5. The lowest BCUT2D eigenvalue weighted by Gasteiger charge is -2.19. The average Bonchev–Trinajstić information content (AvgIpc) is 3.01. The van der Waals surface area contributed by atoms with E-state index in [1.54, 1.807) is 6.92 Å². The Balaban J connectivity index is 1.89. The highest BCUT2D eigenvalue weighted by atomic mass is 32.2. The largest absolute Gasteiger partial charge is 0.376 e. The fraction of sp³-hybridized carbons (Fsp3) is 0.467. The number of hydrogen-bond acceptors (Lipinski definition) is 4. The lowest BCUT2D eigenvalue weighted by atomic mass is 10.1. The van der Waals surface area contributed by atoms with Crippen LogP contribution in [-0.4, -0.2) is 36.3 Å². The topological polar surface area (TPSA) is 67.4 Å². The van der Waals surface area contributed by atoms with Gasteiger partial charge in [-0.15, -0.1) is 0 Å². The number of benzene rings is 1. The molecule has 0 unspecified atom stereocenters. The second-order valence-electron chi connectivity index (χ2n) is 5.17. The van der Waals surface area contributed by atoms with E-state index >= 15 is 0 Å². The molecule has 1 heterocycles. The van der Waals surface area contributed by atoms with Gasteiger partial charge in [-0.1, -0.05) is 17.8 Å². The highest BCUT2D eigenvalue weighted by Crippen LogP contribution is 2.27. The van der Waals surface area contributed by atoms with Crippen LogP contribution < -0.4 is 10.6 Å². The van der Waals surface area contributed by atoms with Crippen molar-refractivity contribution < 1.29 is 23.1 Å².